The average Bonchev–Trinajstić information content (AvgIpc) is 3.14. The number of thioether (sulfide) groups is 1. The lowest BCUT2D eigenvalue weighted by molar-refractivity contribution is -0.126. The van der Waals surface area contributed by atoms with Crippen LogP contribution in [-0.4, -0.2) is 59.4 Å². The third kappa shape index (κ3) is 2.99. The van der Waals surface area contributed by atoms with Crippen molar-refractivity contribution in [2.75, 3.05) is 18.8 Å². The summed E-state index contributed by atoms with van der Waals surface area (Å²) in [5, 5.41) is -0.310. The minimum atomic E-state index is -3.71. The molecule has 1 unspecified atom stereocenters. The number of carbonyl (C=O) groups excluding carboxylic acids is 3. The molecular weight excluding hydrogens is 352 g/mol. The minimum absolute atomic E-state index is 0.0987. The fraction of sp³-hybridized carbons (Fsp3) is 0.400. The first kappa shape index (κ1) is 17.1. The van der Waals surface area contributed by atoms with Gasteiger partial charge in [0.05, 0.1) is 16.7 Å². The summed E-state index contributed by atoms with van der Waals surface area (Å²) in [6.45, 7) is 1.77. The van der Waals surface area contributed by atoms with Crippen LogP contribution in [-0.2, 0) is 14.8 Å². The van der Waals surface area contributed by atoms with Gasteiger partial charge in [0.2, 0.25) is 15.9 Å². The van der Waals surface area contributed by atoms with Crippen molar-refractivity contribution in [1.82, 2.24) is 9.21 Å². The van der Waals surface area contributed by atoms with Gasteiger partial charge in [0.1, 0.15) is 0 Å². The van der Waals surface area contributed by atoms with Crippen LogP contribution in [0.5, 0.6) is 0 Å². The first-order chi connectivity index (χ1) is 11.3. The molecule has 2 aliphatic heterocycles. The number of ketones is 1. The summed E-state index contributed by atoms with van der Waals surface area (Å²) in [5.41, 5.74) is 0.443. The number of sulfonamides is 1. The summed E-state index contributed by atoms with van der Waals surface area (Å²) in [4.78, 5) is 36.1. The van der Waals surface area contributed by atoms with Crippen LogP contribution in [0.4, 0.5) is 4.79 Å². The molecular formula is C15H16N2O5S2. The maximum Gasteiger partial charge on any atom is 0.289 e. The maximum atomic E-state index is 12.7. The van der Waals surface area contributed by atoms with E-state index in [2.05, 4.69) is 0 Å². The van der Waals surface area contributed by atoms with Gasteiger partial charge in [-0.25, -0.2) is 8.42 Å². The predicted octanol–water partition coefficient (Wildman–Crippen LogP) is 1.35. The van der Waals surface area contributed by atoms with Gasteiger partial charge in [0.15, 0.2) is 5.78 Å². The number of nitrogens with zero attached hydrogens (tertiary/aromatic N) is 2. The topological polar surface area (TPSA) is 91.8 Å². The number of amides is 2. The van der Waals surface area contributed by atoms with E-state index >= 15 is 0 Å². The van der Waals surface area contributed by atoms with E-state index in [4.69, 9.17) is 0 Å². The van der Waals surface area contributed by atoms with Gasteiger partial charge in [-0.05, 0) is 25.5 Å². The summed E-state index contributed by atoms with van der Waals surface area (Å²) in [6, 6.07) is 5.36. The first-order valence-corrected chi connectivity index (χ1v) is 9.83. The minimum Gasteiger partial charge on any atom is -0.295 e. The molecule has 128 valence electrons. The highest BCUT2D eigenvalue weighted by Gasteiger charge is 2.42. The van der Waals surface area contributed by atoms with Crippen molar-refractivity contribution in [3.63, 3.8) is 0 Å². The largest absolute Gasteiger partial charge is 0.295 e. The molecule has 1 aromatic rings. The highest BCUT2D eigenvalue weighted by Crippen LogP contribution is 2.29. The fourth-order valence-electron chi connectivity index (χ4n) is 2.87. The molecule has 2 heterocycles. The Labute approximate surface area is 144 Å². The molecule has 0 N–H and O–H groups in total. The van der Waals surface area contributed by atoms with E-state index < -0.39 is 16.1 Å². The second-order valence-electron chi connectivity index (χ2n) is 5.70. The van der Waals surface area contributed by atoms with E-state index in [1.54, 1.807) is 0 Å². The van der Waals surface area contributed by atoms with Gasteiger partial charge in [-0.1, -0.05) is 23.9 Å². The number of Topliss-reactive ketones (excluding diaryl/α,β-unsaturated/α-hetero) is 1. The molecule has 0 aliphatic carbocycles. The Bertz CT molecular complexity index is 788. The Morgan fingerprint density at radius 3 is 2.42 bits per heavy atom. The summed E-state index contributed by atoms with van der Waals surface area (Å²) >= 11 is 0.947. The van der Waals surface area contributed by atoms with Gasteiger partial charge >= 0.3 is 0 Å². The molecule has 0 bridgehead atoms. The Balaban J connectivity index is 1.78. The van der Waals surface area contributed by atoms with E-state index in [0.717, 1.165) is 11.8 Å². The molecule has 24 heavy (non-hydrogen) atoms. The van der Waals surface area contributed by atoms with E-state index in [9.17, 15) is 22.8 Å². The normalized spacial score (nSPS) is 22.4. The van der Waals surface area contributed by atoms with Crippen molar-refractivity contribution in [2.24, 2.45) is 0 Å². The molecule has 0 saturated carbocycles. The number of hydrogen-bond acceptors (Lipinski definition) is 6. The van der Waals surface area contributed by atoms with Crippen molar-refractivity contribution >= 4 is 38.7 Å². The van der Waals surface area contributed by atoms with E-state index in [0.29, 0.717) is 12.0 Å². The number of carbonyl (C=O) groups is 3. The lowest BCUT2D eigenvalue weighted by Crippen LogP contribution is -2.41. The van der Waals surface area contributed by atoms with Gasteiger partial charge in [0, 0.05) is 18.7 Å². The molecule has 7 nitrogen and oxygen atoms in total. The number of imide groups is 1. The van der Waals surface area contributed by atoms with Crippen molar-refractivity contribution in [3.05, 3.63) is 29.8 Å². The second kappa shape index (κ2) is 6.30. The fourth-order valence-corrected chi connectivity index (χ4v) is 5.14. The second-order valence-corrected chi connectivity index (χ2v) is 8.57. The number of benzene rings is 1. The number of hydrogen-bond donors (Lipinski definition) is 0. The average molecular weight is 368 g/mol. The van der Waals surface area contributed by atoms with Crippen LogP contribution in [0.3, 0.4) is 0 Å². The zero-order valence-electron chi connectivity index (χ0n) is 13.0. The smallest absolute Gasteiger partial charge is 0.289 e. The Hall–Kier alpha value is -1.71. The standard InChI is InChI=1S/C15H16N2O5S2/c1-10(18)11-2-4-13(5-3-11)24(21,22)16-7-6-12(8-16)17-14(19)9-23-15(17)20/h2-5,12H,6-9H2,1H3. The predicted molar refractivity (Wildman–Crippen MR) is 88.3 cm³/mol. The monoisotopic (exact) mass is 368 g/mol. The lowest BCUT2D eigenvalue weighted by Gasteiger charge is -2.21. The zero-order chi connectivity index (χ0) is 17.5. The molecule has 3 rings (SSSR count). The van der Waals surface area contributed by atoms with Crippen LogP contribution >= 0.6 is 11.8 Å². The molecule has 0 spiro atoms. The van der Waals surface area contributed by atoms with Gasteiger partial charge < -0.3 is 0 Å². The van der Waals surface area contributed by atoms with Gasteiger partial charge in [0.25, 0.3) is 5.24 Å². The molecule has 1 atom stereocenters. The molecule has 0 radical (unpaired) electrons. The molecule has 2 amide bonds. The van der Waals surface area contributed by atoms with E-state index in [1.807, 2.05) is 0 Å². The summed E-state index contributed by atoms with van der Waals surface area (Å²) in [6.07, 6.45) is 0.433. The van der Waals surface area contributed by atoms with Crippen LogP contribution < -0.4 is 0 Å². The molecule has 9 heteroatoms. The SMILES string of the molecule is CC(=O)c1ccc(S(=O)(=O)N2CCC(N3C(=O)CSC3=O)C2)cc1. The first-order valence-electron chi connectivity index (χ1n) is 7.40. The van der Waals surface area contributed by atoms with Crippen molar-refractivity contribution in [2.45, 2.75) is 24.3 Å². The highest BCUT2D eigenvalue weighted by atomic mass is 32.2. The Morgan fingerprint density at radius 1 is 1.21 bits per heavy atom. The number of rotatable bonds is 4. The van der Waals surface area contributed by atoms with Crippen LogP contribution in [0, 0.1) is 0 Å². The highest BCUT2D eigenvalue weighted by molar-refractivity contribution is 8.14. The zero-order valence-corrected chi connectivity index (χ0v) is 14.6. The molecule has 1 aromatic carbocycles. The Kier molecular flexibility index (Phi) is 4.50. The lowest BCUT2D eigenvalue weighted by atomic mass is 10.2. The van der Waals surface area contributed by atoms with E-state index in [1.165, 1.54) is 40.4 Å². The van der Waals surface area contributed by atoms with Crippen LogP contribution in [0.2, 0.25) is 0 Å². The van der Waals surface area contributed by atoms with Crippen molar-refractivity contribution < 1.29 is 22.8 Å². The summed E-state index contributed by atoms with van der Waals surface area (Å²) in [5.74, 6) is -0.280. The van der Waals surface area contributed by atoms with Crippen molar-refractivity contribution in [3.8, 4) is 0 Å². The van der Waals surface area contributed by atoms with Crippen LogP contribution in [0.15, 0.2) is 29.2 Å². The summed E-state index contributed by atoms with van der Waals surface area (Å²) < 4.78 is 26.7. The molecule has 0 aromatic heterocycles. The molecule has 2 aliphatic rings. The van der Waals surface area contributed by atoms with Gasteiger partial charge in [-0.15, -0.1) is 0 Å². The Morgan fingerprint density at radius 2 is 1.88 bits per heavy atom. The van der Waals surface area contributed by atoms with E-state index in [-0.39, 0.29) is 40.7 Å². The molecule has 2 saturated heterocycles. The van der Waals surface area contributed by atoms with Crippen LogP contribution in [0.1, 0.15) is 23.7 Å². The van der Waals surface area contributed by atoms with Crippen molar-refractivity contribution in [1.29, 1.82) is 0 Å². The quantitative estimate of drug-likeness (QED) is 0.745. The van der Waals surface area contributed by atoms with Gasteiger partial charge in [-0.3, -0.25) is 19.3 Å². The van der Waals surface area contributed by atoms with Crippen LogP contribution in [0.25, 0.3) is 0 Å². The molecule has 2 fully saturated rings. The maximum absolute atomic E-state index is 12.7. The van der Waals surface area contributed by atoms with Gasteiger partial charge in [-0.2, -0.15) is 4.31 Å². The third-order valence-electron chi connectivity index (χ3n) is 4.17. The summed E-state index contributed by atoms with van der Waals surface area (Å²) in [7, 11) is -3.71. The third-order valence-corrected chi connectivity index (χ3v) is 6.89.